The molecule has 5 heterocycles. The minimum Gasteiger partial charge on any atom is -0.480 e. The third-order valence-electron chi connectivity index (χ3n) is 6.78. The molecule has 1 saturated carbocycles. The molecular weight excluding hydrogens is 468 g/mol. The molecule has 0 radical (unpaired) electrons. The van der Waals surface area contributed by atoms with Crippen molar-refractivity contribution >= 4 is 17.4 Å². The van der Waals surface area contributed by atoms with E-state index in [1.165, 1.54) is 6.33 Å². The zero-order valence-electron chi connectivity index (χ0n) is 17.4. The molecule has 0 unspecified atom stereocenters. The number of ether oxygens (including phenoxy) is 1. The molecule has 3 aliphatic rings. The van der Waals surface area contributed by atoms with Crippen molar-refractivity contribution in [3.63, 3.8) is 0 Å². The lowest BCUT2D eigenvalue weighted by molar-refractivity contribution is -0.153. The van der Waals surface area contributed by atoms with Crippen LogP contribution in [0.3, 0.4) is 0 Å². The van der Waals surface area contributed by atoms with Crippen LogP contribution in [0.15, 0.2) is 30.7 Å². The van der Waals surface area contributed by atoms with Crippen LogP contribution in [-0.4, -0.2) is 62.0 Å². The van der Waals surface area contributed by atoms with Crippen LogP contribution in [0.4, 0.5) is 38.1 Å². The van der Waals surface area contributed by atoms with Gasteiger partial charge in [-0.1, -0.05) is 0 Å². The summed E-state index contributed by atoms with van der Waals surface area (Å²) in [7, 11) is 0. The summed E-state index contributed by atoms with van der Waals surface area (Å²) in [5, 5.41) is 4.09. The molecule has 1 aliphatic carbocycles. The fourth-order valence-corrected chi connectivity index (χ4v) is 5.51. The lowest BCUT2D eigenvalue weighted by Gasteiger charge is -2.30. The number of nitrogens with zero attached hydrogens (tertiary/aromatic N) is 7. The molecular formula is C20H17F6N7O. The predicted molar refractivity (Wildman–Crippen MR) is 106 cm³/mol. The largest absolute Gasteiger partial charge is 0.480 e. The number of fused-ring (bicyclic) bond motifs is 1. The number of alkyl halides is 6. The van der Waals surface area contributed by atoms with Crippen molar-refractivity contribution in [3.05, 3.63) is 36.4 Å². The van der Waals surface area contributed by atoms with Gasteiger partial charge in [0, 0.05) is 19.3 Å². The standard InChI is InChI=1S/C20H17F6N7O/c21-19(22,23)9-34-12-1-2-13(20(24,25)26)33-16(12)29-17(30-33)32-15-11-3-5-18(15,32)8-31(7-11)14-4-6-27-10-28-14/h1-2,4,6,10-11,15H,3,5,7-9H2/t11-,15-,18-,32?/m0/s1. The Kier molecular flexibility index (Phi) is 4.28. The van der Waals surface area contributed by atoms with Gasteiger partial charge in [-0.2, -0.15) is 31.3 Å². The van der Waals surface area contributed by atoms with Crippen LogP contribution in [0, 0.1) is 5.92 Å². The molecule has 2 aliphatic heterocycles. The second-order valence-electron chi connectivity index (χ2n) is 8.80. The molecule has 8 nitrogen and oxygen atoms in total. The van der Waals surface area contributed by atoms with E-state index in [4.69, 9.17) is 4.74 Å². The highest BCUT2D eigenvalue weighted by molar-refractivity contribution is 5.65. The molecule has 2 bridgehead atoms. The van der Waals surface area contributed by atoms with Crippen LogP contribution in [0.2, 0.25) is 0 Å². The quantitative estimate of drug-likeness (QED) is 0.415. The van der Waals surface area contributed by atoms with Gasteiger partial charge in [0.25, 0.3) is 0 Å². The Morgan fingerprint density at radius 2 is 1.94 bits per heavy atom. The summed E-state index contributed by atoms with van der Waals surface area (Å²) in [6.45, 7) is -0.339. The van der Waals surface area contributed by atoms with Gasteiger partial charge in [0.2, 0.25) is 5.95 Å². The van der Waals surface area contributed by atoms with Gasteiger partial charge in [-0.05, 0) is 37.0 Å². The van der Waals surface area contributed by atoms with Crippen molar-refractivity contribution in [2.24, 2.45) is 5.92 Å². The molecule has 14 heteroatoms. The van der Waals surface area contributed by atoms with Crippen LogP contribution < -0.4 is 14.5 Å². The zero-order valence-corrected chi connectivity index (χ0v) is 17.4. The number of halogens is 6. The van der Waals surface area contributed by atoms with Crippen molar-refractivity contribution in [2.45, 2.75) is 36.8 Å². The van der Waals surface area contributed by atoms with Gasteiger partial charge in [-0.15, -0.1) is 5.10 Å². The topological polar surface area (TPSA) is 71.5 Å². The van der Waals surface area contributed by atoms with Gasteiger partial charge in [0.05, 0.1) is 11.6 Å². The summed E-state index contributed by atoms with van der Waals surface area (Å²) >= 11 is 0. The van der Waals surface area contributed by atoms with Crippen molar-refractivity contribution < 1.29 is 31.1 Å². The number of hydrogen-bond acceptors (Lipinski definition) is 7. The summed E-state index contributed by atoms with van der Waals surface area (Å²) in [5.41, 5.74) is -1.90. The predicted octanol–water partition coefficient (Wildman–Crippen LogP) is 3.34. The molecule has 6 rings (SSSR count). The van der Waals surface area contributed by atoms with Crippen LogP contribution in [0.1, 0.15) is 18.5 Å². The first kappa shape index (κ1) is 21.2. The number of rotatable bonds is 4. The van der Waals surface area contributed by atoms with Crippen LogP contribution in [0.5, 0.6) is 5.75 Å². The SMILES string of the molecule is FC(F)(F)COc1ccc(C(F)(F)F)n2nc(N3[C@H]4[C@H]5CC[C@]43CN(c3ccncn3)C5)nc12. The van der Waals surface area contributed by atoms with E-state index in [1.807, 2.05) is 4.90 Å². The minimum absolute atomic E-state index is 0.0489. The molecule has 34 heavy (non-hydrogen) atoms. The highest BCUT2D eigenvalue weighted by Gasteiger charge is 2.73. The Bertz CT molecular complexity index is 1250. The van der Waals surface area contributed by atoms with E-state index >= 15 is 0 Å². The molecule has 0 amide bonds. The third-order valence-corrected chi connectivity index (χ3v) is 6.78. The molecule has 3 aromatic rings. The zero-order chi connectivity index (χ0) is 23.9. The van der Waals surface area contributed by atoms with Gasteiger partial charge >= 0.3 is 12.4 Å². The van der Waals surface area contributed by atoms with Gasteiger partial charge in [-0.25, -0.2) is 14.5 Å². The molecule has 0 spiro atoms. The smallest absolute Gasteiger partial charge is 0.433 e. The van der Waals surface area contributed by atoms with Gasteiger partial charge in [0.15, 0.2) is 18.0 Å². The number of piperidine rings is 2. The second kappa shape index (κ2) is 6.85. The maximum absolute atomic E-state index is 13.6. The molecule has 3 aromatic heterocycles. The fourth-order valence-electron chi connectivity index (χ4n) is 5.51. The Balaban J connectivity index is 1.37. The van der Waals surface area contributed by atoms with E-state index < -0.39 is 36.1 Å². The first-order valence-electron chi connectivity index (χ1n) is 10.5. The Morgan fingerprint density at radius 3 is 2.65 bits per heavy atom. The normalized spacial score (nSPS) is 26.2. The van der Waals surface area contributed by atoms with E-state index in [1.54, 1.807) is 12.3 Å². The second-order valence-corrected chi connectivity index (χ2v) is 8.80. The Morgan fingerprint density at radius 1 is 1.12 bits per heavy atom. The maximum Gasteiger partial charge on any atom is 0.433 e. The highest BCUT2D eigenvalue weighted by atomic mass is 19.4. The van der Waals surface area contributed by atoms with Crippen LogP contribution in [-0.2, 0) is 6.18 Å². The van der Waals surface area contributed by atoms with Gasteiger partial charge in [0.1, 0.15) is 17.8 Å². The molecule has 3 fully saturated rings. The van der Waals surface area contributed by atoms with E-state index in [-0.39, 0.29) is 23.4 Å². The molecule has 3 atom stereocenters. The Hall–Kier alpha value is -3.32. The number of pyridine rings is 1. The average molecular weight is 485 g/mol. The summed E-state index contributed by atoms with van der Waals surface area (Å²) < 4.78 is 84.1. The first-order valence-corrected chi connectivity index (χ1v) is 10.5. The van der Waals surface area contributed by atoms with Crippen LogP contribution >= 0.6 is 0 Å². The van der Waals surface area contributed by atoms with Crippen molar-refractivity contribution in [1.82, 2.24) is 24.6 Å². The molecule has 180 valence electrons. The summed E-state index contributed by atoms with van der Waals surface area (Å²) in [6.07, 6.45) is -4.58. The van der Waals surface area contributed by atoms with E-state index in [9.17, 15) is 26.3 Å². The van der Waals surface area contributed by atoms with Gasteiger partial charge < -0.3 is 14.5 Å². The van der Waals surface area contributed by atoms with E-state index in [0.29, 0.717) is 17.1 Å². The first-order chi connectivity index (χ1) is 16.1. The summed E-state index contributed by atoms with van der Waals surface area (Å²) in [4.78, 5) is 16.5. The molecule has 0 aromatic carbocycles. The maximum atomic E-state index is 13.6. The average Bonchev–Trinajstić information content (AvgIpc) is 3.14. The molecule has 2 saturated heterocycles. The number of aromatic nitrogens is 5. The molecule has 0 N–H and O–H groups in total. The van der Waals surface area contributed by atoms with Crippen molar-refractivity contribution in [1.29, 1.82) is 0 Å². The third kappa shape index (κ3) is 3.21. The van der Waals surface area contributed by atoms with E-state index in [0.717, 1.165) is 31.3 Å². The number of anilines is 2. The van der Waals surface area contributed by atoms with E-state index in [2.05, 4.69) is 25.0 Å². The lowest BCUT2D eigenvalue weighted by Crippen LogP contribution is -2.42. The monoisotopic (exact) mass is 485 g/mol. The van der Waals surface area contributed by atoms with Crippen molar-refractivity contribution in [2.75, 3.05) is 29.5 Å². The fraction of sp³-hybridized carbons (Fsp3) is 0.500. The highest BCUT2D eigenvalue weighted by Crippen LogP contribution is 2.60. The van der Waals surface area contributed by atoms with Crippen molar-refractivity contribution in [3.8, 4) is 5.75 Å². The van der Waals surface area contributed by atoms with Gasteiger partial charge in [-0.3, -0.25) is 0 Å². The number of hydrogen-bond donors (Lipinski definition) is 0. The Labute approximate surface area is 188 Å². The minimum atomic E-state index is -4.78. The lowest BCUT2D eigenvalue weighted by atomic mass is 9.99. The van der Waals surface area contributed by atoms with Crippen LogP contribution in [0.25, 0.3) is 5.65 Å². The summed E-state index contributed by atoms with van der Waals surface area (Å²) in [5.74, 6) is 0.627. The summed E-state index contributed by atoms with van der Waals surface area (Å²) in [6, 6.07) is 3.34.